The summed E-state index contributed by atoms with van der Waals surface area (Å²) >= 11 is 0. The first-order valence-corrected chi connectivity index (χ1v) is 12.0. The smallest absolute Gasteiger partial charge is 0.250 e. The number of nitrogens with zero attached hydrogens (tertiary/aromatic N) is 3. The van der Waals surface area contributed by atoms with E-state index >= 15 is 0 Å². The molecule has 1 aliphatic heterocycles. The predicted octanol–water partition coefficient (Wildman–Crippen LogP) is 1.49. The molecule has 2 heterocycles. The molecule has 4 rings (SSSR count). The highest BCUT2D eigenvalue weighted by Gasteiger charge is 2.36. The van der Waals surface area contributed by atoms with Gasteiger partial charge >= 0.3 is 0 Å². The Kier molecular flexibility index (Phi) is 4.97. The van der Waals surface area contributed by atoms with Crippen molar-refractivity contribution in [2.24, 2.45) is 11.1 Å². The molecule has 1 aromatic heterocycles. The third-order valence-electron chi connectivity index (χ3n) is 5.91. The number of carbonyl (C=O) groups excluding carboxylic acids is 2. The summed E-state index contributed by atoms with van der Waals surface area (Å²) < 4.78 is 26.4. The van der Waals surface area contributed by atoms with Gasteiger partial charge in [-0.05, 0) is 37.0 Å². The number of Topliss-reactive ketones (excluding diaryl/α,β-unsaturated/α-hetero) is 1. The highest BCUT2D eigenvalue weighted by Crippen LogP contribution is 2.37. The van der Waals surface area contributed by atoms with Crippen LogP contribution in [0.15, 0.2) is 18.2 Å². The molecule has 1 aliphatic carbocycles. The Morgan fingerprint density at radius 3 is 2.55 bits per heavy atom. The van der Waals surface area contributed by atoms with E-state index in [1.165, 1.54) is 10.6 Å². The van der Waals surface area contributed by atoms with E-state index in [1.807, 2.05) is 6.92 Å². The molecule has 31 heavy (non-hydrogen) atoms. The summed E-state index contributed by atoms with van der Waals surface area (Å²) in [5, 5.41) is 7.85. The second kappa shape index (κ2) is 7.16. The molecule has 0 spiro atoms. The number of rotatable bonds is 5. The van der Waals surface area contributed by atoms with Crippen LogP contribution >= 0.6 is 0 Å². The number of hydrogen-bond donors (Lipinski definition) is 2. The molecule has 0 unspecified atom stereocenters. The van der Waals surface area contributed by atoms with Crippen molar-refractivity contribution in [1.82, 2.24) is 14.1 Å². The van der Waals surface area contributed by atoms with Crippen LogP contribution in [0.2, 0.25) is 0 Å². The number of ketones is 1. The highest BCUT2D eigenvalue weighted by molar-refractivity contribution is 7.88. The van der Waals surface area contributed by atoms with Gasteiger partial charge in [0.15, 0.2) is 5.78 Å². The second-order valence-electron chi connectivity index (χ2n) is 9.28. The van der Waals surface area contributed by atoms with E-state index in [-0.39, 0.29) is 17.2 Å². The van der Waals surface area contributed by atoms with E-state index in [1.54, 1.807) is 22.9 Å². The molecule has 0 saturated carbocycles. The third-order valence-corrected chi connectivity index (χ3v) is 7.15. The van der Waals surface area contributed by atoms with E-state index in [4.69, 9.17) is 5.73 Å². The molecular formula is C21H27N5O4S. The zero-order valence-corrected chi connectivity index (χ0v) is 18.9. The number of hydrogen-bond acceptors (Lipinski definition) is 6. The quantitative estimate of drug-likeness (QED) is 0.718. The molecular weight excluding hydrogens is 418 g/mol. The van der Waals surface area contributed by atoms with Gasteiger partial charge in [-0.25, -0.2) is 13.1 Å². The minimum absolute atomic E-state index is 0.0949. The van der Waals surface area contributed by atoms with Crippen molar-refractivity contribution in [3.05, 3.63) is 40.7 Å². The van der Waals surface area contributed by atoms with Gasteiger partial charge in [0, 0.05) is 25.2 Å². The van der Waals surface area contributed by atoms with Gasteiger partial charge in [-0.2, -0.15) is 9.40 Å². The zero-order chi connectivity index (χ0) is 22.7. The van der Waals surface area contributed by atoms with Gasteiger partial charge in [-0.15, -0.1) is 0 Å². The normalized spacial score (nSPS) is 19.0. The Labute approximate surface area is 181 Å². The Balaban J connectivity index is 1.70. The number of carbonyl (C=O) groups is 2. The van der Waals surface area contributed by atoms with Crippen molar-refractivity contribution >= 4 is 27.4 Å². The Morgan fingerprint density at radius 2 is 1.94 bits per heavy atom. The van der Waals surface area contributed by atoms with Gasteiger partial charge in [0.2, 0.25) is 10.0 Å². The van der Waals surface area contributed by atoms with Gasteiger partial charge < -0.3 is 11.1 Å². The zero-order valence-electron chi connectivity index (χ0n) is 18.1. The van der Waals surface area contributed by atoms with Crippen LogP contribution in [0.1, 0.15) is 52.4 Å². The van der Waals surface area contributed by atoms with E-state index < -0.39 is 15.9 Å². The first-order chi connectivity index (χ1) is 14.4. The standard InChI is InChI=1S/C21H27N5O4S/c1-12-19-17(8-21(2,3)9-18(19)27)26(24-12)14-5-6-15(20(22)28)16(7-14)23-13-10-25(11-13)31(4,29)30/h5-7,13,23H,8-11H2,1-4H3,(H2,22,28). The summed E-state index contributed by atoms with van der Waals surface area (Å²) in [5.41, 5.74) is 9.16. The van der Waals surface area contributed by atoms with Crippen molar-refractivity contribution in [1.29, 1.82) is 0 Å². The number of aromatic nitrogens is 2. The summed E-state index contributed by atoms with van der Waals surface area (Å²) in [6.07, 6.45) is 2.37. The van der Waals surface area contributed by atoms with Gasteiger partial charge in [0.05, 0.1) is 40.5 Å². The molecule has 0 bridgehead atoms. The number of nitrogens with two attached hydrogens (primary N) is 1. The highest BCUT2D eigenvalue weighted by atomic mass is 32.2. The summed E-state index contributed by atoms with van der Waals surface area (Å²) in [4.78, 5) is 24.7. The lowest BCUT2D eigenvalue weighted by Crippen LogP contribution is -2.56. The Morgan fingerprint density at radius 1 is 1.26 bits per heavy atom. The fourth-order valence-corrected chi connectivity index (χ4v) is 5.27. The van der Waals surface area contributed by atoms with Crippen LogP contribution < -0.4 is 11.1 Å². The maximum atomic E-state index is 12.7. The fourth-order valence-electron chi connectivity index (χ4n) is 4.37. The molecule has 1 aromatic carbocycles. The molecule has 0 atom stereocenters. The summed E-state index contributed by atoms with van der Waals surface area (Å²) in [6.45, 7) is 6.60. The predicted molar refractivity (Wildman–Crippen MR) is 117 cm³/mol. The first kappa shape index (κ1) is 21.5. The van der Waals surface area contributed by atoms with Crippen LogP contribution in [0, 0.1) is 12.3 Å². The summed E-state index contributed by atoms with van der Waals surface area (Å²) in [5.74, 6) is -0.485. The van der Waals surface area contributed by atoms with Gasteiger partial charge in [-0.1, -0.05) is 13.8 Å². The molecule has 2 aromatic rings. The monoisotopic (exact) mass is 445 g/mol. The van der Waals surface area contributed by atoms with E-state index in [2.05, 4.69) is 24.3 Å². The van der Waals surface area contributed by atoms with Crippen molar-refractivity contribution in [2.75, 3.05) is 24.7 Å². The average molecular weight is 446 g/mol. The van der Waals surface area contributed by atoms with Crippen LogP contribution in [0.5, 0.6) is 0 Å². The molecule has 1 fully saturated rings. The van der Waals surface area contributed by atoms with Crippen molar-refractivity contribution in [2.45, 2.75) is 39.7 Å². The lowest BCUT2D eigenvalue weighted by atomic mass is 9.75. The van der Waals surface area contributed by atoms with Crippen molar-refractivity contribution in [3.8, 4) is 5.69 Å². The maximum absolute atomic E-state index is 12.7. The molecule has 0 radical (unpaired) electrons. The molecule has 2 aliphatic rings. The van der Waals surface area contributed by atoms with E-state index in [9.17, 15) is 18.0 Å². The number of nitrogens with one attached hydrogen (secondary N) is 1. The number of primary amides is 1. The number of sulfonamides is 1. The lowest BCUT2D eigenvalue weighted by molar-refractivity contribution is 0.0909. The van der Waals surface area contributed by atoms with Crippen LogP contribution in [-0.2, 0) is 16.4 Å². The van der Waals surface area contributed by atoms with Crippen LogP contribution in [0.4, 0.5) is 5.69 Å². The summed E-state index contributed by atoms with van der Waals surface area (Å²) in [6, 6.07) is 5.04. The number of fused-ring (bicyclic) bond motifs is 1. The summed E-state index contributed by atoms with van der Waals surface area (Å²) in [7, 11) is -3.24. The van der Waals surface area contributed by atoms with Crippen LogP contribution in [0.3, 0.4) is 0 Å². The van der Waals surface area contributed by atoms with Crippen molar-refractivity contribution < 1.29 is 18.0 Å². The molecule has 10 heteroatoms. The molecule has 9 nitrogen and oxygen atoms in total. The maximum Gasteiger partial charge on any atom is 0.250 e. The molecule has 166 valence electrons. The first-order valence-electron chi connectivity index (χ1n) is 10.1. The second-order valence-corrected chi connectivity index (χ2v) is 11.3. The third kappa shape index (κ3) is 3.97. The Hall–Kier alpha value is -2.72. The van der Waals surface area contributed by atoms with Gasteiger partial charge in [-0.3, -0.25) is 9.59 Å². The van der Waals surface area contributed by atoms with Crippen LogP contribution in [-0.4, -0.2) is 59.6 Å². The number of anilines is 1. The molecule has 3 N–H and O–H groups in total. The Bertz CT molecular complexity index is 1190. The SMILES string of the molecule is Cc1nn(-c2ccc(C(N)=O)c(NC3CN(S(C)(=O)=O)C3)c2)c2c1C(=O)CC(C)(C)C2. The lowest BCUT2D eigenvalue weighted by Gasteiger charge is -2.38. The minimum atomic E-state index is -3.24. The number of aryl methyl sites for hydroxylation is 1. The van der Waals surface area contributed by atoms with Gasteiger partial charge in [0.25, 0.3) is 5.91 Å². The molecule has 1 saturated heterocycles. The number of benzene rings is 1. The minimum Gasteiger partial charge on any atom is -0.379 e. The van der Waals surface area contributed by atoms with E-state index in [0.717, 1.165) is 5.69 Å². The van der Waals surface area contributed by atoms with Crippen molar-refractivity contribution in [3.63, 3.8) is 0 Å². The largest absolute Gasteiger partial charge is 0.379 e. The topological polar surface area (TPSA) is 127 Å². The fraction of sp³-hybridized carbons (Fsp3) is 0.476. The molecule has 1 amide bonds. The van der Waals surface area contributed by atoms with Crippen LogP contribution in [0.25, 0.3) is 5.69 Å². The average Bonchev–Trinajstić information content (AvgIpc) is 2.91. The number of amides is 1. The van der Waals surface area contributed by atoms with E-state index in [0.29, 0.717) is 54.1 Å². The van der Waals surface area contributed by atoms with Gasteiger partial charge in [0.1, 0.15) is 0 Å².